The number of rotatable bonds is 6. The molecule has 0 radical (unpaired) electrons. The monoisotopic (exact) mass is 293 g/mol. The first-order valence-electron chi connectivity index (χ1n) is 6.69. The van der Waals surface area contributed by atoms with Crippen molar-refractivity contribution < 1.29 is 0 Å². The predicted molar refractivity (Wildman–Crippen MR) is 85.3 cm³/mol. The first-order valence-corrected chi connectivity index (χ1v) is 7.88. The van der Waals surface area contributed by atoms with Gasteiger partial charge in [0.1, 0.15) is 0 Å². The fourth-order valence-corrected chi connectivity index (χ4v) is 3.04. The number of hydrogen-bond donors (Lipinski definition) is 1. The zero-order chi connectivity index (χ0) is 13.7. The molecule has 102 valence electrons. The zero-order valence-corrected chi connectivity index (χ0v) is 13.0. The largest absolute Gasteiger partial charge is 0.312 e. The van der Waals surface area contributed by atoms with Crippen LogP contribution in [0.5, 0.6) is 0 Å². The van der Waals surface area contributed by atoms with Crippen molar-refractivity contribution in [3.63, 3.8) is 0 Å². The molecule has 1 nitrogen and oxygen atoms in total. The quantitative estimate of drug-likeness (QED) is 0.750. The van der Waals surface area contributed by atoms with Gasteiger partial charge < -0.3 is 5.32 Å². The molecule has 2 rings (SSSR count). The second-order valence-corrected chi connectivity index (χ2v) is 6.83. The SMILES string of the molecule is CC(C)c1ccc(CNCCc2ccc(Cl)s2)cc1. The Labute approximate surface area is 124 Å². The highest BCUT2D eigenvalue weighted by atomic mass is 35.5. The first-order chi connectivity index (χ1) is 9.15. The van der Waals surface area contributed by atoms with Gasteiger partial charge in [-0.3, -0.25) is 0 Å². The van der Waals surface area contributed by atoms with Crippen molar-refractivity contribution in [1.82, 2.24) is 5.32 Å². The van der Waals surface area contributed by atoms with Crippen molar-refractivity contribution in [2.45, 2.75) is 32.7 Å². The number of halogens is 1. The van der Waals surface area contributed by atoms with E-state index in [1.807, 2.05) is 6.07 Å². The van der Waals surface area contributed by atoms with E-state index < -0.39 is 0 Å². The van der Waals surface area contributed by atoms with E-state index in [2.05, 4.69) is 49.5 Å². The third-order valence-electron chi connectivity index (χ3n) is 3.15. The van der Waals surface area contributed by atoms with Crippen LogP contribution >= 0.6 is 22.9 Å². The summed E-state index contributed by atoms with van der Waals surface area (Å²) in [5.74, 6) is 0.602. The van der Waals surface area contributed by atoms with Gasteiger partial charge in [-0.25, -0.2) is 0 Å². The molecule has 0 unspecified atom stereocenters. The van der Waals surface area contributed by atoms with E-state index >= 15 is 0 Å². The third kappa shape index (κ3) is 4.64. The van der Waals surface area contributed by atoms with Gasteiger partial charge in [-0.15, -0.1) is 11.3 Å². The van der Waals surface area contributed by atoms with Gasteiger partial charge in [0.05, 0.1) is 4.34 Å². The molecule has 0 saturated heterocycles. The Morgan fingerprint density at radius 1 is 1.11 bits per heavy atom. The van der Waals surface area contributed by atoms with Crippen LogP contribution in [0, 0.1) is 0 Å². The van der Waals surface area contributed by atoms with Crippen LogP contribution < -0.4 is 5.32 Å². The molecule has 1 heterocycles. The van der Waals surface area contributed by atoms with Gasteiger partial charge in [0, 0.05) is 18.0 Å². The van der Waals surface area contributed by atoms with E-state index in [9.17, 15) is 0 Å². The summed E-state index contributed by atoms with van der Waals surface area (Å²) in [6.07, 6.45) is 1.04. The summed E-state index contributed by atoms with van der Waals surface area (Å²) in [5, 5.41) is 3.47. The van der Waals surface area contributed by atoms with Crippen molar-refractivity contribution in [3.8, 4) is 0 Å². The Morgan fingerprint density at radius 3 is 2.42 bits per heavy atom. The highest BCUT2D eigenvalue weighted by Gasteiger charge is 2.00. The molecule has 0 spiro atoms. The van der Waals surface area contributed by atoms with Gasteiger partial charge in [0.2, 0.25) is 0 Å². The lowest BCUT2D eigenvalue weighted by atomic mass is 10.0. The van der Waals surface area contributed by atoms with Crippen molar-refractivity contribution in [2.24, 2.45) is 0 Å². The van der Waals surface area contributed by atoms with Crippen LogP contribution in [0.15, 0.2) is 36.4 Å². The second kappa shape index (κ2) is 7.09. The van der Waals surface area contributed by atoms with Crippen LogP contribution in [-0.4, -0.2) is 6.54 Å². The summed E-state index contributed by atoms with van der Waals surface area (Å²) in [6, 6.07) is 12.9. The molecular formula is C16H20ClNS. The van der Waals surface area contributed by atoms with Crippen LogP contribution in [0.4, 0.5) is 0 Å². The van der Waals surface area contributed by atoms with Crippen LogP contribution in [0.25, 0.3) is 0 Å². The molecule has 3 heteroatoms. The van der Waals surface area contributed by atoms with Gasteiger partial charge in [0.25, 0.3) is 0 Å². The molecule has 0 saturated carbocycles. The van der Waals surface area contributed by atoms with Gasteiger partial charge in [-0.2, -0.15) is 0 Å². The minimum absolute atomic E-state index is 0.602. The Balaban J connectivity index is 1.73. The molecule has 1 aromatic carbocycles. The highest BCUT2D eigenvalue weighted by Crippen LogP contribution is 2.21. The van der Waals surface area contributed by atoms with E-state index in [-0.39, 0.29) is 0 Å². The fourth-order valence-electron chi connectivity index (χ4n) is 1.95. The number of nitrogens with one attached hydrogen (secondary N) is 1. The molecule has 0 aliphatic carbocycles. The van der Waals surface area contributed by atoms with E-state index in [0.29, 0.717) is 5.92 Å². The average Bonchev–Trinajstić information content (AvgIpc) is 2.81. The standard InChI is InChI=1S/C16H20ClNS/c1-12(2)14-5-3-13(4-6-14)11-18-10-9-15-7-8-16(17)19-15/h3-8,12,18H,9-11H2,1-2H3. The molecule has 0 bridgehead atoms. The summed E-state index contributed by atoms with van der Waals surface area (Å²) < 4.78 is 0.874. The average molecular weight is 294 g/mol. The third-order valence-corrected chi connectivity index (χ3v) is 4.44. The number of thiophene rings is 1. The lowest BCUT2D eigenvalue weighted by molar-refractivity contribution is 0.690. The Bertz CT molecular complexity index is 502. The summed E-state index contributed by atoms with van der Waals surface area (Å²) in [7, 11) is 0. The molecule has 0 atom stereocenters. The van der Waals surface area contributed by atoms with Gasteiger partial charge in [0.15, 0.2) is 0 Å². The summed E-state index contributed by atoms with van der Waals surface area (Å²) in [4.78, 5) is 1.34. The zero-order valence-electron chi connectivity index (χ0n) is 11.4. The molecular weight excluding hydrogens is 274 g/mol. The molecule has 0 aliphatic rings. The lowest BCUT2D eigenvalue weighted by Crippen LogP contribution is -2.16. The smallest absolute Gasteiger partial charge is 0.0931 e. The van der Waals surface area contributed by atoms with Gasteiger partial charge in [-0.1, -0.05) is 49.7 Å². The maximum absolute atomic E-state index is 5.91. The van der Waals surface area contributed by atoms with Crippen LogP contribution in [0.1, 0.15) is 35.8 Å². The maximum atomic E-state index is 5.91. The number of hydrogen-bond acceptors (Lipinski definition) is 2. The van der Waals surface area contributed by atoms with Crippen molar-refractivity contribution >= 4 is 22.9 Å². The summed E-state index contributed by atoms with van der Waals surface area (Å²) in [5.41, 5.74) is 2.74. The van der Waals surface area contributed by atoms with Crippen molar-refractivity contribution in [1.29, 1.82) is 0 Å². The van der Waals surface area contributed by atoms with E-state index in [1.54, 1.807) is 11.3 Å². The summed E-state index contributed by atoms with van der Waals surface area (Å²) in [6.45, 7) is 6.36. The topological polar surface area (TPSA) is 12.0 Å². The normalized spacial score (nSPS) is 11.2. The molecule has 2 aromatic rings. The Morgan fingerprint density at radius 2 is 1.84 bits per heavy atom. The minimum Gasteiger partial charge on any atom is -0.312 e. The van der Waals surface area contributed by atoms with E-state index in [4.69, 9.17) is 11.6 Å². The molecule has 0 amide bonds. The van der Waals surface area contributed by atoms with Crippen molar-refractivity contribution in [3.05, 3.63) is 56.7 Å². The Kier molecular flexibility index (Phi) is 5.44. The maximum Gasteiger partial charge on any atom is 0.0931 e. The van der Waals surface area contributed by atoms with Crippen LogP contribution in [0.3, 0.4) is 0 Å². The molecule has 1 aromatic heterocycles. The first kappa shape index (κ1) is 14.6. The van der Waals surface area contributed by atoms with Crippen LogP contribution in [0.2, 0.25) is 4.34 Å². The molecule has 0 fully saturated rings. The number of benzene rings is 1. The second-order valence-electron chi connectivity index (χ2n) is 5.03. The Hall–Kier alpha value is -0.830. The van der Waals surface area contributed by atoms with E-state index in [0.717, 1.165) is 23.8 Å². The van der Waals surface area contributed by atoms with Crippen LogP contribution in [-0.2, 0) is 13.0 Å². The van der Waals surface area contributed by atoms with Gasteiger partial charge in [-0.05, 0) is 35.6 Å². The predicted octanol–water partition coefficient (Wildman–Crippen LogP) is 4.86. The summed E-state index contributed by atoms with van der Waals surface area (Å²) >= 11 is 7.57. The fraction of sp³-hybridized carbons (Fsp3) is 0.375. The molecule has 0 aliphatic heterocycles. The lowest BCUT2D eigenvalue weighted by Gasteiger charge is -2.07. The van der Waals surface area contributed by atoms with E-state index in [1.165, 1.54) is 16.0 Å². The molecule has 1 N–H and O–H groups in total. The molecule has 19 heavy (non-hydrogen) atoms. The highest BCUT2D eigenvalue weighted by molar-refractivity contribution is 7.16. The minimum atomic E-state index is 0.602. The van der Waals surface area contributed by atoms with Crippen molar-refractivity contribution in [2.75, 3.05) is 6.54 Å². The van der Waals surface area contributed by atoms with Gasteiger partial charge >= 0.3 is 0 Å².